The zero-order valence-corrected chi connectivity index (χ0v) is 12.6. The van der Waals surface area contributed by atoms with Gasteiger partial charge in [0, 0.05) is 13.2 Å². The Morgan fingerprint density at radius 1 is 1.39 bits per heavy atom. The van der Waals surface area contributed by atoms with E-state index in [2.05, 4.69) is 5.10 Å². The van der Waals surface area contributed by atoms with Gasteiger partial charge in [-0.1, -0.05) is 6.07 Å². The van der Waals surface area contributed by atoms with Gasteiger partial charge in [0.2, 0.25) is 0 Å². The summed E-state index contributed by atoms with van der Waals surface area (Å²) in [6.45, 7) is 1.47. The van der Waals surface area contributed by atoms with Gasteiger partial charge in [0.25, 0.3) is 5.91 Å². The molecule has 8 heteroatoms. The van der Waals surface area contributed by atoms with E-state index in [-0.39, 0.29) is 24.0 Å². The van der Waals surface area contributed by atoms with E-state index in [1.54, 1.807) is 6.92 Å². The largest absolute Gasteiger partial charge is 0.416 e. The van der Waals surface area contributed by atoms with Gasteiger partial charge in [-0.3, -0.25) is 4.79 Å². The molecule has 0 saturated carbocycles. The third kappa shape index (κ3) is 3.70. The Morgan fingerprint density at radius 3 is 2.70 bits per heavy atom. The SMILES string of the molecule is CC(CO)N(C)C(=O)c1ccn(-c2cccc(C(F)(F)F)c2)n1. The van der Waals surface area contributed by atoms with E-state index >= 15 is 0 Å². The molecule has 1 aromatic carbocycles. The first-order valence-corrected chi connectivity index (χ1v) is 6.85. The molecule has 124 valence electrons. The lowest BCUT2D eigenvalue weighted by atomic mass is 10.2. The first-order chi connectivity index (χ1) is 10.7. The quantitative estimate of drug-likeness (QED) is 0.938. The van der Waals surface area contributed by atoms with Crippen molar-refractivity contribution < 1.29 is 23.1 Å². The molecule has 1 amide bonds. The molecule has 1 unspecified atom stereocenters. The Balaban J connectivity index is 2.28. The first-order valence-electron chi connectivity index (χ1n) is 6.85. The smallest absolute Gasteiger partial charge is 0.394 e. The second kappa shape index (κ2) is 6.41. The van der Waals surface area contributed by atoms with Crippen LogP contribution in [0, 0.1) is 0 Å². The number of hydrogen-bond acceptors (Lipinski definition) is 3. The number of benzene rings is 1. The number of hydrogen-bond donors (Lipinski definition) is 1. The van der Waals surface area contributed by atoms with Crippen molar-refractivity contribution >= 4 is 5.91 Å². The molecule has 0 radical (unpaired) electrons. The van der Waals surface area contributed by atoms with Crippen molar-refractivity contribution in [3.05, 3.63) is 47.8 Å². The molecule has 0 aliphatic carbocycles. The van der Waals surface area contributed by atoms with Crippen molar-refractivity contribution in [1.29, 1.82) is 0 Å². The van der Waals surface area contributed by atoms with Gasteiger partial charge >= 0.3 is 6.18 Å². The average Bonchev–Trinajstić information content (AvgIpc) is 3.02. The lowest BCUT2D eigenvalue weighted by Gasteiger charge is -2.21. The molecule has 0 aliphatic heterocycles. The summed E-state index contributed by atoms with van der Waals surface area (Å²) in [5.74, 6) is -0.419. The van der Waals surface area contributed by atoms with Crippen LogP contribution in [0.5, 0.6) is 0 Å². The van der Waals surface area contributed by atoms with Gasteiger partial charge in [-0.25, -0.2) is 4.68 Å². The van der Waals surface area contributed by atoms with Crippen LogP contribution in [-0.2, 0) is 6.18 Å². The molecule has 0 spiro atoms. The summed E-state index contributed by atoms with van der Waals surface area (Å²) in [6, 6.07) is 5.71. The molecule has 0 saturated heterocycles. The summed E-state index contributed by atoms with van der Waals surface area (Å²) in [5, 5.41) is 13.1. The van der Waals surface area contributed by atoms with E-state index in [4.69, 9.17) is 5.11 Å². The summed E-state index contributed by atoms with van der Waals surface area (Å²) in [4.78, 5) is 13.5. The van der Waals surface area contributed by atoms with Crippen LogP contribution in [0.2, 0.25) is 0 Å². The van der Waals surface area contributed by atoms with Gasteiger partial charge < -0.3 is 10.0 Å². The van der Waals surface area contributed by atoms with Gasteiger partial charge in [-0.2, -0.15) is 18.3 Å². The third-order valence-corrected chi connectivity index (χ3v) is 3.49. The molecule has 5 nitrogen and oxygen atoms in total. The van der Waals surface area contributed by atoms with Crippen LogP contribution in [0.15, 0.2) is 36.5 Å². The van der Waals surface area contributed by atoms with Gasteiger partial charge in [-0.15, -0.1) is 0 Å². The number of nitrogens with zero attached hydrogens (tertiary/aromatic N) is 3. The van der Waals surface area contributed by atoms with Crippen molar-refractivity contribution in [2.45, 2.75) is 19.1 Å². The molecule has 0 aliphatic rings. The summed E-state index contributed by atoms with van der Waals surface area (Å²) >= 11 is 0. The third-order valence-electron chi connectivity index (χ3n) is 3.49. The van der Waals surface area contributed by atoms with Crippen LogP contribution < -0.4 is 0 Å². The Hall–Kier alpha value is -2.35. The Kier molecular flexibility index (Phi) is 4.74. The number of likely N-dealkylation sites (N-methyl/N-ethyl adjacent to an activating group) is 1. The lowest BCUT2D eigenvalue weighted by molar-refractivity contribution is -0.137. The summed E-state index contributed by atoms with van der Waals surface area (Å²) < 4.78 is 39.4. The topological polar surface area (TPSA) is 58.4 Å². The molecule has 2 aromatic rings. The molecule has 0 bridgehead atoms. The van der Waals surface area contributed by atoms with Crippen LogP contribution in [0.1, 0.15) is 23.0 Å². The molecule has 1 N–H and O–H groups in total. The van der Waals surface area contributed by atoms with E-state index in [0.29, 0.717) is 0 Å². The molecular weight excluding hydrogens is 311 g/mol. The second-order valence-corrected chi connectivity index (χ2v) is 5.14. The first kappa shape index (κ1) is 17.0. The van der Waals surface area contributed by atoms with Crippen molar-refractivity contribution in [2.24, 2.45) is 0 Å². The number of aliphatic hydroxyl groups excluding tert-OH is 1. The number of halogens is 3. The molecule has 23 heavy (non-hydrogen) atoms. The molecule has 1 aromatic heterocycles. The zero-order valence-electron chi connectivity index (χ0n) is 12.6. The van der Waals surface area contributed by atoms with E-state index in [1.165, 1.54) is 41.0 Å². The maximum atomic E-state index is 12.7. The summed E-state index contributed by atoms with van der Waals surface area (Å²) in [6.07, 6.45) is -3.03. The van der Waals surface area contributed by atoms with E-state index < -0.39 is 17.6 Å². The highest BCUT2D eigenvalue weighted by Crippen LogP contribution is 2.30. The Morgan fingerprint density at radius 2 is 2.09 bits per heavy atom. The second-order valence-electron chi connectivity index (χ2n) is 5.14. The maximum Gasteiger partial charge on any atom is 0.416 e. The van der Waals surface area contributed by atoms with Gasteiger partial charge in [-0.05, 0) is 31.2 Å². The predicted octanol–water partition coefficient (Wildman–Crippen LogP) is 2.34. The number of aromatic nitrogens is 2. The van der Waals surface area contributed by atoms with Crippen LogP contribution in [-0.4, -0.2) is 45.4 Å². The average molecular weight is 327 g/mol. The predicted molar refractivity (Wildman–Crippen MR) is 77.2 cm³/mol. The van der Waals surface area contributed by atoms with Crippen LogP contribution in [0.3, 0.4) is 0 Å². The normalized spacial score (nSPS) is 13.0. The van der Waals surface area contributed by atoms with E-state index in [1.807, 2.05) is 0 Å². The van der Waals surface area contributed by atoms with E-state index in [9.17, 15) is 18.0 Å². The highest BCUT2D eigenvalue weighted by atomic mass is 19.4. The number of aliphatic hydroxyl groups is 1. The van der Waals surface area contributed by atoms with Crippen molar-refractivity contribution in [2.75, 3.05) is 13.7 Å². The van der Waals surface area contributed by atoms with Crippen molar-refractivity contribution in [3.63, 3.8) is 0 Å². The molecule has 1 atom stereocenters. The fraction of sp³-hybridized carbons (Fsp3) is 0.333. The van der Waals surface area contributed by atoms with Crippen LogP contribution >= 0.6 is 0 Å². The molecule has 1 heterocycles. The Labute approximate surface area is 130 Å². The molecule has 2 rings (SSSR count). The number of rotatable bonds is 4. The number of amides is 1. The summed E-state index contributed by atoms with van der Waals surface area (Å²) in [5.41, 5.74) is -0.494. The summed E-state index contributed by atoms with van der Waals surface area (Å²) in [7, 11) is 1.52. The van der Waals surface area contributed by atoms with Gasteiger partial charge in [0.15, 0.2) is 5.69 Å². The number of carbonyl (C=O) groups is 1. The Bertz CT molecular complexity index is 697. The van der Waals surface area contributed by atoms with Crippen LogP contribution in [0.4, 0.5) is 13.2 Å². The fourth-order valence-electron chi connectivity index (χ4n) is 1.91. The van der Waals surface area contributed by atoms with Gasteiger partial charge in [0.05, 0.1) is 23.9 Å². The fourth-order valence-corrected chi connectivity index (χ4v) is 1.91. The molecule has 0 fully saturated rings. The standard InChI is InChI=1S/C15H16F3N3O2/c1-10(9-22)20(2)14(23)13-6-7-21(19-13)12-5-3-4-11(8-12)15(16,17)18/h3-8,10,22H,9H2,1-2H3. The molecular formula is C15H16F3N3O2. The number of alkyl halides is 3. The van der Waals surface area contributed by atoms with Crippen molar-refractivity contribution in [1.82, 2.24) is 14.7 Å². The zero-order chi connectivity index (χ0) is 17.2. The lowest BCUT2D eigenvalue weighted by Crippen LogP contribution is -2.37. The highest BCUT2D eigenvalue weighted by Gasteiger charge is 2.30. The number of carbonyl (C=O) groups excluding carboxylic acids is 1. The minimum atomic E-state index is -4.45. The minimum absolute atomic E-state index is 0.0882. The van der Waals surface area contributed by atoms with Crippen LogP contribution in [0.25, 0.3) is 5.69 Å². The minimum Gasteiger partial charge on any atom is -0.394 e. The maximum absolute atomic E-state index is 12.7. The van der Waals surface area contributed by atoms with Gasteiger partial charge in [0.1, 0.15) is 0 Å². The monoisotopic (exact) mass is 327 g/mol. The van der Waals surface area contributed by atoms with E-state index in [0.717, 1.165) is 12.1 Å². The van der Waals surface area contributed by atoms with Crippen molar-refractivity contribution in [3.8, 4) is 5.69 Å². The highest BCUT2D eigenvalue weighted by molar-refractivity contribution is 5.92.